The molecule has 0 unspecified atom stereocenters. The minimum Gasteiger partial charge on any atom is -0.480 e. The standard InChI is InChI=1S/C11H19NO3/c1-5-6-7-12(9(4)11(14)15)10(13)8(2)3/h6-9H,5H2,1-4H3,(H,14,15)/b7-6-/t9-/m0/s1. The van der Waals surface area contributed by atoms with Gasteiger partial charge in [-0.1, -0.05) is 26.8 Å². The number of aliphatic carboxylic acids is 1. The van der Waals surface area contributed by atoms with E-state index in [-0.39, 0.29) is 11.8 Å². The fraction of sp³-hybridized carbons (Fsp3) is 0.636. The van der Waals surface area contributed by atoms with E-state index in [1.807, 2.05) is 6.92 Å². The van der Waals surface area contributed by atoms with E-state index in [1.165, 1.54) is 11.8 Å². The summed E-state index contributed by atoms with van der Waals surface area (Å²) in [4.78, 5) is 23.8. The third-order valence-corrected chi connectivity index (χ3v) is 2.02. The average Bonchev–Trinajstić information content (AvgIpc) is 2.17. The first-order valence-corrected chi connectivity index (χ1v) is 5.13. The highest BCUT2D eigenvalue weighted by molar-refractivity contribution is 5.85. The van der Waals surface area contributed by atoms with E-state index in [4.69, 9.17) is 5.11 Å². The number of nitrogens with zero attached hydrogens (tertiary/aromatic N) is 1. The van der Waals surface area contributed by atoms with Crippen LogP contribution in [0, 0.1) is 5.92 Å². The highest BCUT2D eigenvalue weighted by Gasteiger charge is 2.24. The number of carboxylic acid groups (broad SMARTS) is 1. The van der Waals surface area contributed by atoms with E-state index in [0.717, 1.165) is 6.42 Å². The van der Waals surface area contributed by atoms with Gasteiger partial charge in [-0.25, -0.2) is 4.79 Å². The number of carboxylic acids is 1. The van der Waals surface area contributed by atoms with E-state index >= 15 is 0 Å². The summed E-state index contributed by atoms with van der Waals surface area (Å²) < 4.78 is 0. The molecule has 86 valence electrons. The molecule has 0 aromatic rings. The second-order valence-electron chi connectivity index (χ2n) is 3.71. The Bertz CT molecular complexity index is 259. The van der Waals surface area contributed by atoms with Gasteiger partial charge >= 0.3 is 5.97 Å². The molecule has 1 atom stereocenters. The number of hydrogen-bond acceptors (Lipinski definition) is 2. The SMILES string of the molecule is CC/C=C\N(C(=O)C(C)C)[C@@H](C)C(=O)O. The first-order valence-electron chi connectivity index (χ1n) is 5.13. The first kappa shape index (κ1) is 13.7. The fourth-order valence-corrected chi connectivity index (χ4v) is 1.03. The number of hydrogen-bond donors (Lipinski definition) is 1. The zero-order chi connectivity index (χ0) is 12.0. The van der Waals surface area contributed by atoms with Crippen molar-refractivity contribution in [3.05, 3.63) is 12.3 Å². The van der Waals surface area contributed by atoms with Gasteiger partial charge in [0.15, 0.2) is 0 Å². The molecule has 0 heterocycles. The molecule has 4 nitrogen and oxygen atoms in total. The molecule has 15 heavy (non-hydrogen) atoms. The van der Waals surface area contributed by atoms with Crippen molar-refractivity contribution in [2.45, 2.75) is 40.2 Å². The molecule has 0 aromatic heterocycles. The summed E-state index contributed by atoms with van der Waals surface area (Å²) in [5, 5.41) is 8.85. The van der Waals surface area contributed by atoms with E-state index < -0.39 is 12.0 Å². The summed E-state index contributed by atoms with van der Waals surface area (Å²) >= 11 is 0. The van der Waals surface area contributed by atoms with Gasteiger partial charge < -0.3 is 10.0 Å². The maximum atomic E-state index is 11.7. The number of carbonyl (C=O) groups is 2. The van der Waals surface area contributed by atoms with Crippen molar-refractivity contribution in [3.63, 3.8) is 0 Å². The van der Waals surface area contributed by atoms with Crippen LogP contribution in [0.5, 0.6) is 0 Å². The summed E-state index contributed by atoms with van der Waals surface area (Å²) in [6.07, 6.45) is 4.11. The quantitative estimate of drug-likeness (QED) is 0.758. The maximum absolute atomic E-state index is 11.7. The molecular formula is C11H19NO3. The van der Waals surface area contributed by atoms with Crippen LogP contribution < -0.4 is 0 Å². The van der Waals surface area contributed by atoms with Crippen LogP contribution in [0.2, 0.25) is 0 Å². The van der Waals surface area contributed by atoms with Gasteiger partial charge in [0.1, 0.15) is 6.04 Å². The molecule has 0 aliphatic heterocycles. The summed E-state index contributed by atoms with van der Waals surface area (Å²) in [7, 11) is 0. The molecule has 0 bridgehead atoms. The lowest BCUT2D eigenvalue weighted by Crippen LogP contribution is -2.41. The molecule has 0 aromatic carbocycles. The molecule has 0 aliphatic carbocycles. The monoisotopic (exact) mass is 213 g/mol. The van der Waals surface area contributed by atoms with E-state index in [2.05, 4.69) is 0 Å². The first-order chi connectivity index (χ1) is 6.91. The van der Waals surface area contributed by atoms with Crippen LogP contribution in [0.15, 0.2) is 12.3 Å². The van der Waals surface area contributed by atoms with Gasteiger partial charge in [0.05, 0.1) is 0 Å². The Hall–Kier alpha value is -1.32. The predicted molar refractivity (Wildman–Crippen MR) is 58.2 cm³/mol. The fourth-order valence-electron chi connectivity index (χ4n) is 1.03. The van der Waals surface area contributed by atoms with Crippen molar-refractivity contribution in [1.29, 1.82) is 0 Å². The van der Waals surface area contributed by atoms with Crippen molar-refractivity contribution in [2.75, 3.05) is 0 Å². The van der Waals surface area contributed by atoms with Crippen LogP contribution in [0.3, 0.4) is 0 Å². The van der Waals surface area contributed by atoms with Crippen LogP contribution in [0.1, 0.15) is 34.1 Å². The van der Waals surface area contributed by atoms with Gasteiger partial charge in [0.2, 0.25) is 5.91 Å². The normalized spacial score (nSPS) is 13.1. The lowest BCUT2D eigenvalue weighted by Gasteiger charge is -2.24. The van der Waals surface area contributed by atoms with Crippen molar-refractivity contribution < 1.29 is 14.7 Å². The van der Waals surface area contributed by atoms with Crippen LogP contribution in [0.25, 0.3) is 0 Å². The molecule has 4 heteroatoms. The molecule has 0 rings (SSSR count). The van der Waals surface area contributed by atoms with Crippen LogP contribution in [-0.4, -0.2) is 27.9 Å². The van der Waals surface area contributed by atoms with Crippen molar-refractivity contribution in [2.24, 2.45) is 5.92 Å². The van der Waals surface area contributed by atoms with Gasteiger partial charge in [-0.05, 0) is 13.3 Å². The van der Waals surface area contributed by atoms with Gasteiger partial charge in [0.25, 0.3) is 0 Å². The average molecular weight is 213 g/mol. The summed E-state index contributed by atoms with van der Waals surface area (Å²) in [5.74, 6) is -1.37. The maximum Gasteiger partial charge on any atom is 0.326 e. The smallest absolute Gasteiger partial charge is 0.326 e. The highest BCUT2D eigenvalue weighted by atomic mass is 16.4. The molecule has 0 saturated heterocycles. The zero-order valence-electron chi connectivity index (χ0n) is 9.73. The van der Waals surface area contributed by atoms with Gasteiger partial charge in [-0.2, -0.15) is 0 Å². The van der Waals surface area contributed by atoms with E-state index in [9.17, 15) is 9.59 Å². The molecular weight excluding hydrogens is 194 g/mol. The van der Waals surface area contributed by atoms with Crippen molar-refractivity contribution >= 4 is 11.9 Å². The van der Waals surface area contributed by atoms with E-state index in [0.29, 0.717) is 0 Å². The molecule has 0 fully saturated rings. The minimum atomic E-state index is -0.996. The third-order valence-electron chi connectivity index (χ3n) is 2.02. The number of allylic oxidation sites excluding steroid dienone is 1. The second kappa shape index (κ2) is 6.22. The molecule has 1 amide bonds. The topological polar surface area (TPSA) is 57.6 Å². The Balaban J connectivity index is 4.80. The molecule has 0 aliphatic rings. The van der Waals surface area contributed by atoms with Crippen molar-refractivity contribution in [1.82, 2.24) is 4.90 Å². The lowest BCUT2D eigenvalue weighted by atomic mass is 10.1. The van der Waals surface area contributed by atoms with Crippen LogP contribution >= 0.6 is 0 Å². The largest absolute Gasteiger partial charge is 0.480 e. The van der Waals surface area contributed by atoms with Gasteiger partial charge in [-0.3, -0.25) is 4.79 Å². The van der Waals surface area contributed by atoms with Crippen LogP contribution in [0.4, 0.5) is 0 Å². The summed E-state index contributed by atoms with van der Waals surface area (Å²) in [6.45, 7) is 6.94. The molecule has 0 spiro atoms. The number of carbonyl (C=O) groups excluding carboxylic acids is 1. The Kier molecular flexibility index (Phi) is 5.67. The third kappa shape index (κ3) is 4.14. The Labute approximate surface area is 90.6 Å². The minimum absolute atomic E-state index is 0.172. The van der Waals surface area contributed by atoms with Crippen molar-refractivity contribution in [3.8, 4) is 0 Å². The number of amides is 1. The predicted octanol–water partition coefficient (Wildman–Crippen LogP) is 1.87. The van der Waals surface area contributed by atoms with Crippen LogP contribution in [-0.2, 0) is 9.59 Å². The molecule has 0 saturated carbocycles. The lowest BCUT2D eigenvalue weighted by molar-refractivity contribution is -0.148. The Morgan fingerprint density at radius 2 is 1.87 bits per heavy atom. The molecule has 0 radical (unpaired) electrons. The number of rotatable bonds is 5. The Morgan fingerprint density at radius 3 is 2.20 bits per heavy atom. The van der Waals surface area contributed by atoms with E-state index in [1.54, 1.807) is 26.1 Å². The summed E-state index contributed by atoms with van der Waals surface area (Å²) in [5.41, 5.74) is 0. The second-order valence-corrected chi connectivity index (χ2v) is 3.71. The zero-order valence-corrected chi connectivity index (χ0v) is 9.73. The highest BCUT2D eigenvalue weighted by Crippen LogP contribution is 2.08. The van der Waals surface area contributed by atoms with Gasteiger partial charge in [-0.15, -0.1) is 0 Å². The summed E-state index contributed by atoms with van der Waals surface area (Å²) in [6, 6.07) is -0.817. The van der Waals surface area contributed by atoms with Gasteiger partial charge in [0, 0.05) is 12.1 Å². The molecule has 1 N–H and O–H groups in total. The Morgan fingerprint density at radius 1 is 1.33 bits per heavy atom.